The molecule has 2 rings (SSSR count). The first-order valence-corrected chi connectivity index (χ1v) is 8.01. The number of nitrogens with one attached hydrogen (secondary N) is 1. The van der Waals surface area contributed by atoms with Crippen molar-refractivity contribution in [2.45, 2.75) is 58.9 Å². The minimum Gasteiger partial charge on any atom is -0.480 e. The Morgan fingerprint density at radius 1 is 1.33 bits per heavy atom. The van der Waals surface area contributed by atoms with Crippen LogP contribution in [0, 0.1) is 11.3 Å². The predicted octanol–water partition coefficient (Wildman–Crippen LogP) is 3.39. The summed E-state index contributed by atoms with van der Waals surface area (Å²) >= 11 is 0. The summed E-state index contributed by atoms with van der Waals surface area (Å²) in [5.74, 6) is 1.71. The van der Waals surface area contributed by atoms with E-state index in [1.54, 1.807) is 19.5 Å². The molecule has 0 aromatic carbocycles. The van der Waals surface area contributed by atoms with Gasteiger partial charge in [0.05, 0.1) is 7.11 Å². The van der Waals surface area contributed by atoms with Gasteiger partial charge in [-0.2, -0.15) is 0 Å². The van der Waals surface area contributed by atoms with E-state index >= 15 is 0 Å². The fourth-order valence-corrected chi connectivity index (χ4v) is 3.34. The van der Waals surface area contributed by atoms with E-state index in [1.807, 2.05) is 0 Å². The van der Waals surface area contributed by atoms with Crippen LogP contribution in [0.2, 0.25) is 0 Å². The van der Waals surface area contributed by atoms with Crippen LogP contribution in [-0.4, -0.2) is 29.7 Å². The average molecular weight is 291 g/mol. The normalized spacial score (nSPS) is 25.0. The highest BCUT2D eigenvalue weighted by molar-refractivity contribution is 5.24. The van der Waals surface area contributed by atoms with Gasteiger partial charge in [-0.15, -0.1) is 0 Å². The molecule has 1 N–H and O–H groups in total. The fraction of sp³-hybridized carbons (Fsp3) is 0.765. The number of hydrogen-bond donors (Lipinski definition) is 1. The molecule has 1 aliphatic carbocycles. The van der Waals surface area contributed by atoms with E-state index < -0.39 is 0 Å². The molecule has 1 aliphatic rings. The molecule has 0 amide bonds. The van der Waals surface area contributed by atoms with Crippen LogP contribution in [0.5, 0.6) is 5.88 Å². The number of ether oxygens (including phenoxy) is 1. The van der Waals surface area contributed by atoms with Crippen molar-refractivity contribution in [2.75, 3.05) is 13.7 Å². The van der Waals surface area contributed by atoms with Gasteiger partial charge in [0.25, 0.3) is 0 Å². The second-order valence-corrected chi connectivity index (χ2v) is 7.29. The highest BCUT2D eigenvalue weighted by atomic mass is 16.5. The van der Waals surface area contributed by atoms with Crippen molar-refractivity contribution in [3.63, 3.8) is 0 Å². The van der Waals surface area contributed by atoms with E-state index in [9.17, 15) is 0 Å². The monoisotopic (exact) mass is 291 g/mol. The lowest BCUT2D eigenvalue weighted by Gasteiger charge is -2.41. The molecule has 4 nitrogen and oxygen atoms in total. The molecule has 2 atom stereocenters. The molecule has 0 aliphatic heterocycles. The molecule has 1 aromatic rings. The Kier molecular flexibility index (Phi) is 5.20. The van der Waals surface area contributed by atoms with Gasteiger partial charge in [0.2, 0.25) is 5.88 Å². The lowest BCUT2D eigenvalue weighted by atomic mass is 9.66. The molecule has 1 saturated carbocycles. The van der Waals surface area contributed by atoms with Crippen molar-refractivity contribution in [3.8, 4) is 5.88 Å². The maximum atomic E-state index is 5.45. The molecule has 1 fully saturated rings. The van der Waals surface area contributed by atoms with Crippen LogP contribution in [0.3, 0.4) is 0 Å². The fourth-order valence-electron chi connectivity index (χ4n) is 3.34. The first-order chi connectivity index (χ1) is 9.93. The van der Waals surface area contributed by atoms with Gasteiger partial charge in [-0.25, -0.2) is 4.98 Å². The van der Waals surface area contributed by atoms with Gasteiger partial charge in [0, 0.05) is 24.4 Å². The molecule has 4 heteroatoms. The summed E-state index contributed by atoms with van der Waals surface area (Å²) < 4.78 is 5.45. The van der Waals surface area contributed by atoms with Crippen molar-refractivity contribution >= 4 is 0 Å². The maximum absolute atomic E-state index is 5.45. The molecule has 2 unspecified atom stereocenters. The third-order valence-electron chi connectivity index (χ3n) is 4.56. The zero-order valence-electron chi connectivity index (χ0n) is 14.0. The van der Waals surface area contributed by atoms with Crippen molar-refractivity contribution in [1.82, 2.24) is 15.3 Å². The number of nitrogens with zero attached hydrogens (tertiary/aromatic N) is 2. The first-order valence-electron chi connectivity index (χ1n) is 8.01. The van der Waals surface area contributed by atoms with Crippen LogP contribution in [0.15, 0.2) is 12.4 Å². The highest BCUT2D eigenvalue weighted by Gasteiger charge is 2.37. The Bertz CT molecular complexity index is 457. The zero-order valence-corrected chi connectivity index (χ0v) is 14.0. The van der Waals surface area contributed by atoms with E-state index in [0.29, 0.717) is 29.2 Å². The van der Waals surface area contributed by atoms with E-state index in [-0.39, 0.29) is 0 Å². The Morgan fingerprint density at radius 3 is 2.71 bits per heavy atom. The Labute approximate surface area is 128 Å². The van der Waals surface area contributed by atoms with E-state index in [2.05, 4.69) is 43.0 Å². The summed E-state index contributed by atoms with van der Waals surface area (Å²) in [6.45, 7) is 10.2. The third-order valence-corrected chi connectivity index (χ3v) is 4.56. The molecule has 118 valence electrons. The van der Waals surface area contributed by atoms with E-state index in [0.717, 1.165) is 18.7 Å². The summed E-state index contributed by atoms with van der Waals surface area (Å²) in [5.41, 5.74) is 1.39. The smallest absolute Gasteiger partial charge is 0.235 e. The molecule has 0 bridgehead atoms. The molecule has 21 heavy (non-hydrogen) atoms. The van der Waals surface area contributed by atoms with E-state index in [1.165, 1.54) is 12.8 Å². The SMILES string of the molecule is COc1nccnc1C1CC(C)(C)CCC1CNC(C)C. The topological polar surface area (TPSA) is 47.0 Å². The lowest BCUT2D eigenvalue weighted by molar-refractivity contribution is 0.153. The Balaban J connectivity index is 2.24. The van der Waals surface area contributed by atoms with E-state index in [4.69, 9.17) is 4.74 Å². The van der Waals surface area contributed by atoms with Crippen LogP contribution >= 0.6 is 0 Å². The van der Waals surface area contributed by atoms with Gasteiger partial charge in [-0.05, 0) is 37.1 Å². The molecule has 1 heterocycles. The van der Waals surface area contributed by atoms with Gasteiger partial charge in [0.15, 0.2) is 0 Å². The number of rotatable bonds is 5. The van der Waals surface area contributed by atoms with Gasteiger partial charge >= 0.3 is 0 Å². The van der Waals surface area contributed by atoms with Gasteiger partial charge in [0.1, 0.15) is 5.69 Å². The first kappa shape index (κ1) is 16.2. The number of hydrogen-bond acceptors (Lipinski definition) is 4. The summed E-state index contributed by atoms with van der Waals surface area (Å²) in [5, 5.41) is 3.59. The molecule has 1 aromatic heterocycles. The molecular weight excluding hydrogens is 262 g/mol. The van der Waals surface area contributed by atoms with Crippen molar-refractivity contribution < 1.29 is 4.74 Å². The summed E-state index contributed by atoms with van der Waals surface area (Å²) in [6, 6.07) is 0.518. The second kappa shape index (κ2) is 6.73. The number of methoxy groups -OCH3 is 1. The largest absolute Gasteiger partial charge is 0.480 e. The van der Waals surface area contributed by atoms with Crippen LogP contribution in [0.1, 0.15) is 58.6 Å². The number of aromatic nitrogens is 2. The van der Waals surface area contributed by atoms with Crippen LogP contribution < -0.4 is 10.1 Å². The van der Waals surface area contributed by atoms with Crippen molar-refractivity contribution in [2.24, 2.45) is 11.3 Å². The minimum absolute atomic E-state index is 0.363. The third kappa shape index (κ3) is 4.16. The lowest BCUT2D eigenvalue weighted by Crippen LogP contribution is -2.37. The van der Waals surface area contributed by atoms with Gasteiger partial charge < -0.3 is 10.1 Å². The average Bonchev–Trinajstić information content (AvgIpc) is 2.45. The molecule has 0 radical (unpaired) electrons. The Hall–Kier alpha value is -1.16. The zero-order chi connectivity index (χ0) is 15.5. The molecule has 0 spiro atoms. The predicted molar refractivity (Wildman–Crippen MR) is 85.6 cm³/mol. The van der Waals surface area contributed by atoms with Gasteiger partial charge in [-0.3, -0.25) is 4.98 Å². The summed E-state index contributed by atoms with van der Waals surface area (Å²) in [6.07, 6.45) is 7.14. The summed E-state index contributed by atoms with van der Waals surface area (Å²) in [4.78, 5) is 8.95. The van der Waals surface area contributed by atoms with Crippen LogP contribution in [-0.2, 0) is 0 Å². The van der Waals surface area contributed by atoms with Crippen molar-refractivity contribution in [3.05, 3.63) is 18.1 Å². The minimum atomic E-state index is 0.363. The van der Waals surface area contributed by atoms with Crippen LogP contribution in [0.25, 0.3) is 0 Å². The molecule has 0 saturated heterocycles. The van der Waals surface area contributed by atoms with Crippen molar-refractivity contribution in [1.29, 1.82) is 0 Å². The standard InChI is InChI=1S/C17H29N3O/c1-12(2)20-11-13-6-7-17(3,4)10-14(13)15-16(21-5)19-9-8-18-15/h8-9,12-14,20H,6-7,10-11H2,1-5H3. The summed E-state index contributed by atoms with van der Waals surface area (Å²) in [7, 11) is 1.68. The second-order valence-electron chi connectivity index (χ2n) is 7.29. The van der Waals surface area contributed by atoms with Gasteiger partial charge in [-0.1, -0.05) is 27.7 Å². The molecular formula is C17H29N3O. The highest BCUT2D eigenvalue weighted by Crippen LogP contribution is 2.47. The Morgan fingerprint density at radius 2 is 2.05 bits per heavy atom. The maximum Gasteiger partial charge on any atom is 0.235 e. The van der Waals surface area contributed by atoms with Crippen LogP contribution in [0.4, 0.5) is 0 Å². The quantitative estimate of drug-likeness (QED) is 0.903.